The van der Waals surface area contributed by atoms with Crippen LogP contribution in [0.15, 0.2) is 12.2 Å². The van der Waals surface area contributed by atoms with Crippen LogP contribution in [0.3, 0.4) is 0 Å². The average Bonchev–Trinajstić information content (AvgIpc) is 2.05. The monoisotopic (exact) mass is 155 g/mol. The minimum atomic E-state index is 0.722. The molecule has 0 bridgehead atoms. The van der Waals surface area contributed by atoms with Crippen LogP contribution in [0.4, 0.5) is 0 Å². The van der Waals surface area contributed by atoms with Crippen LogP contribution in [-0.2, 0) is 0 Å². The Morgan fingerprint density at radius 3 is 2.36 bits per heavy atom. The Bertz CT molecular complexity index is 93.0. The van der Waals surface area contributed by atoms with Gasteiger partial charge in [0.05, 0.1) is 0 Å². The van der Waals surface area contributed by atoms with Gasteiger partial charge in [-0.2, -0.15) is 0 Å². The fourth-order valence-corrected chi connectivity index (χ4v) is 1.11. The summed E-state index contributed by atoms with van der Waals surface area (Å²) in [6, 6.07) is 0.722. The lowest BCUT2D eigenvalue weighted by atomic mass is 10.2. The summed E-state index contributed by atoms with van der Waals surface area (Å²) in [4.78, 5) is 0. The van der Waals surface area contributed by atoms with Crippen LogP contribution < -0.4 is 5.32 Å². The molecule has 0 radical (unpaired) electrons. The number of hydrogen-bond acceptors (Lipinski definition) is 1. The second kappa shape index (κ2) is 7.80. The zero-order valence-electron chi connectivity index (χ0n) is 8.06. The third-order valence-electron chi connectivity index (χ3n) is 1.97. The molecule has 0 saturated carbocycles. The number of nitrogens with one attached hydrogen (secondary N) is 1. The van der Waals surface area contributed by atoms with E-state index < -0.39 is 0 Å². The Balaban J connectivity index is 3.21. The second-order valence-corrected chi connectivity index (χ2v) is 2.83. The third-order valence-corrected chi connectivity index (χ3v) is 1.97. The topological polar surface area (TPSA) is 12.0 Å². The first-order valence-corrected chi connectivity index (χ1v) is 4.69. The molecular formula is C10H21N. The molecule has 11 heavy (non-hydrogen) atoms. The molecule has 0 aromatic heterocycles. The van der Waals surface area contributed by atoms with Crippen molar-refractivity contribution in [2.45, 2.75) is 46.1 Å². The summed E-state index contributed by atoms with van der Waals surface area (Å²) in [6.07, 6.45) is 7.95. The van der Waals surface area contributed by atoms with E-state index in [0.29, 0.717) is 0 Å². The average molecular weight is 155 g/mol. The van der Waals surface area contributed by atoms with E-state index >= 15 is 0 Å². The normalized spacial score (nSPS) is 11.6. The summed E-state index contributed by atoms with van der Waals surface area (Å²) in [6.45, 7) is 7.65. The van der Waals surface area contributed by atoms with Gasteiger partial charge in [-0.15, -0.1) is 0 Å². The van der Waals surface area contributed by atoms with E-state index in [1.54, 1.807) is 0 Å². The zero-order chi connectivity index (χ0) is 8.53. The molecule has 66 valence electrons. The molecule has 0 heterocycles. The lowest BCUT2D eigenvalue weighted by molar-refractivity contribution is 0.490. The van der Waals surface area contributed by atoms with Crippen LogP contribution in [0, 0.1) is 0 Å². The molecule has 0 aromatic rings. The van der Waals surface area contributed by atoms with Crippen molar-refractivity contribution in [1.29, 1.82) is 0 Å². The summed E-state index contributed by atoms with van der Waals surface area (Å²) in [5.74, 6) is 0. The van der Waals surface area contributed by atoms with Gasteiger partial charge in [0.1, 0.15) is 0 Å². The van der Waals surface area contributed by atoms with Gasteiger partial charge in [0.2, 0.25) is 0 Å². The first-order valence-electron chi connectivity index (χ1n) is 4.69. The molecule has 0 aliphatic rings. The standard InChI is InChI=1S/C10H21N/c1-4-7-8-9-11-10(5-2)6-3/h4,7,10-11H,5-6,8-9H2,1-3H3/b7-4+. The third kappa shape index (κ3) is 6.11. The Hall–Kier alpha value is -0.300. The fourth-order valence-electron chi connectivity index (χ4n) is 1.11. The van der Waals surface area contributed by atoms with Gasteiger partial charge in [0, 0.05) is 6.04 Å². The fraction of sp³-hybridized carbons (Fsp3) is 0.800. The highest BCUT2D eigenvalue weighted by Crippen LogP contribution is 1.95. The molecule has 1 nitrogen and oxygen atoms in total. The van der Waals surface area contributed by atoms with Crippen molar-refractivity contribution in [2.24, 2.45) is 0 Å². The van der Waals surface area contributed by atoms with Crippen LogP contribution in [0.2, 0.25) is 0 Å². The maximum atomic E-state index is 3.50. The van der Waals surface area contributed by atoms with Gasteiger partial charge in [-0.1, -0.05) is 26.0 Å². The predicted molar refractivity (Wildman–Crippen MR) is 51.8 cm³/mol. The number of allylic oxidation sites excluding steroid dienone is 1. The van der Waals surface area contributed by atoms with Gasteiger partial charge >= 0.3 is 0 Å². The Kier molecular flexibility index (Phi) is 7.59. The highest BCUT2D eigenvalue weighted by Gasteiger charge is 1.98. The van der Waals surface area contributed by atoms with E-state index in [9.17, 15) is 0 Å². The van der Waals surface area contributed by atoms with Gasteiger partial charge < -0.3 is 5.32 Å². The maximum absolute atomic E-state index is 3.50. The lowest BCUT2D eigenvalue weighted by Crippen LogP contribution is -2.28. The van der Waals surface area contributed by atoms with Crippen LogP contribution in [0.25, 0.3) is 0 Å². The van der Waals surface area contributed by atoms with Gasteiger partial charge in [-0.25, -0.2) is 0 Å². The van der Waals surface area contributed by atoms with Gasteiger partial charge in [-0.05, 0) is 32.7 Å². The van der Waals surface area contributed by atoms with E-state index in [2.05, 4.69) is 38.2 Å². The van der Waals surface area contributed by atoms with Crippen LogP contribution in [0.5, 0.6) is 0 Å². The van der Waals surface area contributed by atoms with Crippen LogP contribution >= 0.6 is 0 Å². The minimum Gasteiger partial charge on any atom is -0.314 e. The van der Waals surface area contributed by atoms with E-state index in [1.165, 1.54) is 12.8 Å². The molecule has 0 spiro atoms. The van der Waals surface area contributed by atoms with Crippen molar-refractivity contribution in [2.75, 3.05) is 6.54 Å². The number of hydrogen-bond donors (Lipinski definition) is 1. The van der Waals surface area contributed by atoms with E-state index in [0.717, 1.165) is 19.0 Å². The minimum absolute atomic E-state index is 0.722. The Morgan fingerprint density at radius 2 is 1.91 bits per heavy atom. The summed E-state index contributed by atoms with van der Waals surface area (Å²) >= 11 is 0. The molecule has 0 aliphatic heterocycles. The van der Waals surface area contributed by atoms with Gasteiger partial charge in [-0.3, -0.25) is 0 Å². The van der Waals surface area contributed by atoms with Crippen molar-refractivity contribution in [3.05, 3.63) is 12.2 Å². The molecule has 0 aromatic carbocycles. The van der Waals surface area contributed by atoms with Crippen molar-refractivity contribution >= 4 is 0 Å². The maximum Gasteiger partial charge on any atom is 0.00619 e. The largest absolute Gasteiger partial charge is 0.314 e. The summed E-state index contributed by atoms with van der Waals surface area (Å²) < 4.78 is 0. The zero-order valence-corrected chi connectivity index (χ0v) is 8.06. The Morgan fingerprint density at radius 1 is 1.27 bits per heavy atom. The van der Waals surface area contributed by atoms with Crippen molar-refractivity contribution in [1.82, 2.24) is 5.32 Å². The molecule has 0 rings (SSSR count). The molecule has 0 atom stereocenters. The summed E-state index contributed by atoms with van der Waals surface area (Å²) in [5, 5.41) is 3.50. The molecule has 0 unspecified atom stereocenters. The Labute approximate surface area is 70.9 Å². The highest BCUT2D eigenvalue weighted by atomic mass is 14.9. The molecule has 0 fully saturated rings. The van der Waals surface area contributed by atoms with E-state index in [-0.39, 0.29) is 0 Å². The molecule has 0 aliphatic carbocycles. The number of rotatable bonds is 6. The van der Waals surface area contributed by atoms with E-state index in [4.69, 9.17) is 0 Å². The van der Waals surface area contributed by atoms with Crippen molar-refractivity contribution in [3.63, 3.8) is 0 Å². The van der Waals surface area contributed by atoms with Crippen LogP contribution in [-0.4, -0.2) is 12.6 Å². The SMILES string of the molecule is C/C=C/CCNC(CC)CC. The van der Waals surface area contributed by atoms with Crippen molar-refractivity contribution in [3.8, 4) is 0 Å². The molecule has 1 N–H and O–H groups in total. The molecular weight excluding hydrogens is 134 g/mol. The smallest absolute Gasteiger partial charge is 0.00619 e. The predicted octanol–water partition coefficient (Wildman–Crippen LogP) is 2.73. The molecule has 0 saturated heterocycles. The first kappa shape index (κ1) is 10.7. The second-order valence-electron chi connectivity index (χ2n) is 2.83. The van der Waals surface area contributed by atoms with Gasteiger partial charge in [0.15, 0.2) is 0 Å². The van der Waals surface area contributed by atoms with E-state index in [1.807, 2.05) is 0 Å². The summed E-state index contributed by atoms with van der Waals surface area (Å²) in [5.41, 5.74) is 0. The lowest BCUT2D eigenvalue weighted by Gasteiger charge is -2.13. The molecule has 1 heteroatoms. The quantitative estimate of drug-likeness (QED) is 0.459. The molecule has 0 amide bonds. The van der Waals surface area contributed by atoms with Crippen LogP contribution in [0.1, 0.15) is 40.0 Å². The summed E-state index contributed by atoms with van der Waals surface area (Å²) in [7, 11) is 0. The highest BCUT2D eigenvalue weighted by molar-refractivity contribution is 4.78. The first-order chi connectivity index (χ1) is 5.35. The van der Waals surface area contributed by atoms with Crippen molar-refractivity contribution < 1.29 is 0 Å². The van der Waals surface area contributed by atoms with Gasteiger partial charge in [0.25, 0.3) is 0 Å².